The molecule has 8 aromatic rings. The Morgan fingerprint density at radius 2 is 1.38 bits per heavy atom. The molecule has 0 radical (unpaired) electrons. The van der Waals surface area contributed by atoms with Crippen LogP contribution in [0.25, 0.3) is 66.6 Å². The summed E-state index contributed by atoms with van der Waals surface area (Å²) < 4.78 is 5.88. The topological polar surface area (TPSA) is 64.3 Å². The summed E-state index contributed by atoms with van der Waals surface area (Å²) in [6.45, 7) is 3.18. The maximum absolute atomic E-state index is 11.4. The number of nitriles is 1. The number of carboxylic acids is 1. The van der Waals surface area contributed by atoms with Crippen molar-refractivity contribution in [3.63, 3.8) is 0 Å². The predicted molar refractivity (Wildman–Crippen MR) is 201 cm³/mol. The number of hydrogen-bond acceptors (Lipinski definition) is 3. The fraction of sp³-hybridized carbons (Fsp3) is 0.0952. The zero-order valence-electron chi connectivity index (χ0n) is 26.1. The number of carbonyl (C=O) groups is 1. The molecule has 0 amide bonds. The molecule has 0 saturated heterocycles. The third kappa shape index (κ3) is 4.74. The minimum absolute atomic E-state index is 0.229. The van der Waals surface area contributed by atoms with Crippen LogP contribution >= 0.6 is 0 Å². The van der Waals surface area contributed by atoms with Gasteiger partial charge in [0.05, 0.1) is 0 Å². The van der Waals surface area contributed by atoms with Gasteiger partial charge in [-0.05, 0) is 13.0 Å². The van der Waals surface area contributed by atoms with Gasteiger partial charge in [-0.3, -0.25) is 0 Å². The van der Waals surface area contributed by atoms with Crippen molar-refractivity contribution in [2.75, 3.05) is 11.4 Å². The summed E-state index contributed by atoms with van der Waals surface area (Å²) in [5.41, 5.74) is 8.47. The van der Waals surface area contributed by atoms with Crippen LogP contribution in [-0.4, -0.2) is 46.6 Å². The molecule has 2 aromatic heterocycles. The molecule has 1 aliphatic heterocycles. The van der Waals surface area contributed by atoms with E-state index in [1.54, 1.807) is 6.07 Å². The number of fused-ring (bicyclic) bond motifs is 9. The number of hydrogen-bond donors (Lipinski definition) is 1. The molecule has 6 heteroatoms. The van der Waals surface area contributed by atoms with E-state index in [1.807, 2.05) is 18.2 Å². The Morgan fingerprint density at radius 1 is 0.750 bits per heavy atom. The van der Waals surface area contributed by atoms with Gasteiger partial charge in [0, 0.05) is 0 Å². The van der Waals surface area contributed by atoms with Gasteiger partial charge in [-0.15, -0.1) is 0 Å². The van der Waals surface area contributed by atoms with Gasteiger partial charge in [-0.1, -0.05) is 18.2 Å². The summed E-state index contributed by atoms with van der Waals surface area (Å²) in [6.07, 6.45) is 3.54. The van der Waals surface area contributed by atoms with Gasteiger partial charge >= 0.3 is 260 Å². The fourth-order valence-corrected chi connectivity index (χ4v) is 13.7. The number of aryl methyl sites for hydroxylation is 2. The monoisotopic (exact) mass is 752 g/mol. The molecule has 0 atom stereocenters. The maximum atomic E-state index is 11.4. The summed E-state index contributed by atoms with van der Waals surface area (Å²) in [5.74, 6) is -1.21. The summed E-state index contributed by atoms with van der Waals surface area (Å²) in [4.78, 5) is 13.8. The molecular formula is C42H28N2O2Se2. The molecule has 0 aliphatic carbocycles. The Balaban J connectivity index is 1.13. The quantitative estimate of drug-likeness (QED) is 0.111. The molecule has 48 heavy (non-hydrogen) atoms. The number of anilines is 2. The summed E-state index contributed by atoms with van der Waals surface area (Å²) in [6, 6.07) is 39.9. The third-order valence-electron chi connectivity index (χ3n) is 9.65. The molecular weight excluding hydrogens is 722 g/mol. The number of aliphatic carboxylic acids is 1. The Bertz CT molecular complexity index is 2730. The van der Waals surface area contributed by atoms with E-state index in [2.05, 4.69) is 96.8 Å². The van der Waals surface area contributed by atoms with Crippen LogP contribution in [0, 0.1) is 11.3 Å². The van der Waals surface area contributed by atoms with Crippen molar-refractivity contribution in [3.05, 3.63) is 125 Å². The van der Waals surface area contributed by atoms with Crippen molar-refractivity contribution in [1.29, 1.82) is 5.26 Å². The van der Waals surface area contributed by atoms with Gasteiger partial charge in [0.2, 0.25) is 0 Å². The Morgan fingerprint density at radius 3 is 2.08 bits per heavy atom. The molecule has 0 spiro atoms. The first-order valence-corrected chi connectivity index (χ1v) is 19.5. The zero-order valence-corrected chi connectivity index (χ0v) is 29.5. The van der Waals surface area contributed by atoms with E-state index in [0.29, 0.717) is 0 Å². The van der Waals surface area contributed by atoms with Gasteiger partial charge in [0.25, 0.3) is 0 Å². The molecule has 230 valence electrons. The number of benzene rings is 6. The van der Waals surface area contributed by atoms with Crippen molar-refractivity contribution in [1.82, 2.24) is 0 Å². The van der Waals surface area contributed by atoms with Crippen LogP contribution < -0.4 is 4.90 Å². The Kier molecular flexibility index (Phi) is 6.94. The van der Waals surface area contributed by atoms with E-state index < -0.39 is 5.97 Å². The minimum atomic E-state index is -1.21. The van der Waals surface area contributed by atoms with Crippen LogP contribution in [-0.2, 0) is 17.6 Å². The van der Waals surface area contributed by atoms with E-state index >= 15 is 0 Å². The van der Waals surface area contributed by atoms with E-state index in [-0.39, 0.29) is 34.6 Å². The number of para-hydroxylation sites is 1. The second kappa shape index (κ2) is 11.4. The molecule has 3 heterocycles. The molecule has 4 nitrogen and oxygen atoms in total. The standard InChI is InChI=1S/C42H28N2O2Se2/c1-2-44-36-6-4-3-5-25(36)9-12-30-17-27(13-14-37(30)44)26-10-11-29-22-39-35(20-32(29)18-26)41-40(48-39)34-19-31-15-24(16-33(23-43)42(45)46)7-8-28(31)21-38(34)47-41/h3-8,10-11,13-22H,2,9,12H2,1H3,(H,45,46)/b33-16+. The van der Waals surface area contributed by atoms with Crippen molar-refractivity contribution >= 4 is 102 Å². The molecule has 6 aromatic carbocycles. The van der Waals surface area contributed by atoms with Crippen LogP contribution in [0.5, 0.6) is 0 Å². The van der Waals surface area contributed by atoms with E-state index in [0.717, 1.165) is 35.7 Å². The second-order valence-electron chi connectivity index (χ2n) is 12.4. The third-order valence-corrected chi connectivity index (χ3v) is 15.3. The van der Waals surface area contributed by atoms with Crippen LogP contribution in [0.3, 0.4) is 0 Å². The molecule has 1 N–H and O–H groups in total. The summed E-state index contributed by atoms with van der Waals surface area (Å²) in [5, 5.41) is 26.1. The SMILES string of the molecule is CCN1c2ccccc2CCc2cc(-c3ccc4cc5[se]c6c7cc8cc(/C=C(\C#N)C(=O)O)ccc8cc7[se]c6c5cc4c3)ccc21. The molecule has 0 fully saturated rings. The summed E-state index contributed by atoms with van der Waals surface area (Å²) in [7, 11) is 0. The molecule has 1 aliphatic rings. The average molecular weight is 751 g/mol. The Hall–Kier alpha value is -4.88. The normalized spacial score (nSPS) is 13.2. The van der Waals surface area contributed by atoms with Crippen LogP contribution in [0.1, 0.15) is 23.6 Å². The van der Waals surface area contributed by atoms with Gasteiger partial charge in [-0.2, -0.15) is 0 Å². The van der Waals surface area contributed by atoms with Crippen molar-refractivity contribution in [2.45, 2.75) is 19.8 Å². The van der Waals surface area contributed by atoms with Crippen LogP contribution in [0.15, 0.2) is 109 Å². The van der Waals surface area contributed by atoms with Crippen molar-refractivity contribution in [3.8, 4) is 17.2 Å². The Labute approximate surface area is 289 Å². The number of nitrogens with zero attached hydrogens (tertiary/aromatic N) is 2. The van der Waals surface area contributed by atoms with E-state index in [1.165, 1.54) is 78.3 Å². The molecule has 0 saturated carbocycles. The van der Waals surface area contributed by atoms with Crippen molar-refractivity contribution < 1.29 is 9.90 Å². The number of carboxylic acid groups (broad SMARTS) is 1. The number of rotatable bonds is 4. The van der Waals surface area contributed by atoms with Crippen molar-refractivity contribution in [2.24, 2.45) is 0 Å². The van der Waals surface area contributed by atoms with Gasteiger partial charge in [0.15, 0.2) is 0 Å². The van der Waals surface area contributed by atoms with Crippen LogP contribution in [0.2, 0.25) is 0 Å². The van der Waals surface area contributed by atoms with Gasteiger partial charge in [0.1, 0.15) is 0 Å². The second-order valence-corrected chi connectivity index (χ2v) is 16.8. The summed E-state index contributed by atoms with van der Waals surface area (Å²) >= 11 is 0.458. The predicted octanol–water partition coefficient (Wildman–Crippen LogP) is 9.48. The van der Waals surface area contributed by atoms with Gasteiger partial charge in [-0.25, -0.2) is 0 Å². The van der Waals surface area contributed by atoms with Crippen LogP contribution in [0.4, 0.5) is 11.4 Å². The first-order chi connectivity index (χ1) is 23.5. The first kappa shape index (κ1) is 29.3. The molecule has 9 rings (SSSR count). The van der Waals surface area contributed by atoms with E-state index in [4.69, 9.17) is 0 Å². The zero-order chi connectivity index (χ0) is 32.5. The molecule has 0 unspecified atom stereocenters. The fourth-order valence-electron chi connectivity index (χ4n) is 7.29. The average Bonchev–Trinajstić information content (AvgIpc) is 3.57. The van der Waals surface area contributed by atoms with Gasteiger partial charge < -0.3 is 0 Å². The molecule has 0 bridgehead atoms. The van der Waals surface area contributed by atoms with E-state index in [9.17, 15) is 15.2 Å². The first-order valence-electron chi connectivity index (χ1n) is 16.1.